The molecular formula is C16H15N5O2. The molecule has 0 unspecified atom stereocenters. The standard InChI is InChI=1S/C16H15N5O2/c1-9-2-7-12(19-8-9)23-11-5-3-10(4-6-11)14-13(16(18)22)15(17)21-20-14/h2-8H,1H3,(H2,18,22)(H3,17,20,21). The fraction of sp³-hybridized carbons (Fsp3) is 0.0625. The normalized spacial score (nSPS) is 10.5. The van der Waals surface area contributed by atoms with Crippen LogP contribution in [0, 0.1) is 6.92 Å². The zero-order chi connectivity index (χ0) is 16.4. The number of hydrogen-bond acceptors (Lipinski definition) is 5. The van der Waals surface area contributed by atoms with Crippen LogP contribution in [-0.4, -0.2) is 21.1 Å². The molecule has 0 bridgehead atoms. The molecule has 0 saturated heterocycles. The van der Waals surface area contributed by atoms with Crippen molar-refractivity contribution >= 4 is 11.7 Å². The number of H-pyrrole nitrogens is 1. The molecule has 116 valence electrons. The fourth-order valence-electron chi connectivity index (χ4n) is 2.14. The number of nitrogen functional groups attached to an aromatic ring is 1. The Morgan fingerprint density at radius 1 is 1.17 bits per heavy atom. The minimum absolute atomic E-state index is 0.0803. The van der Waals surface area contributed by atoms with E-state index in [1.807, 2.05) is 13.0 Å². The molecule has 7 nitrogen and oxygen atoms in total. The maximum Gasteiger partial charge on any atom is 0.254 e. The lowest BCUT2D eigenvalue weighted by Gasteiger charge is -2.06. The second kappa shape index (κ2) is 5.80. The Morgan fingerprint density at radius 3 is 2.52 bits per heavy atom. The van der Waals surface area contributed by atoms with Crippen molar-refractivity contribution in [3.63, 3.8) is 0 Å². The number of aryl methyl sites for hydroxylation is 1. The maximum absolute atomic E-state index is 11.5. The Morgan fingerprint density at radius 2 is 1.91 bits per heavy atom. The van der Waals surface area contributed by atoms with Gasteiger partial charge in [-0.25, -0.2) is 4.98 Å². The van der Waals surface area contributed by atoms with E-state index in [2.05, 4.69) is 15.2 Å². The molecule has 0 saturated carbocycles. The van der Waals surface area contributed by atoms with Gasteiger partial charge in [0, 0.05) is 17.8 Å². The third-order valence-electron chi connectivity index (χ3n) is 3.29. The van der Waals surface area contributed by atoms with Gasteiger partial charge in [0.25, 0.3) is 5.91 Å². The molecule has 23 heavy (non-hydrogen) atoms. The maximum atomic E-state index is 11.5. The summed E-state index contributed by atoms with van der Waals surface area (Å²) in [6, 6.07) is 10.8. The van der Waals surface area contributed by atoms with Crippen LogP contribution in [0.1, 0.15) is 15.9 Å². The number of primary amides is 1. The van der Waals surface area contributed by atoms with E-state index in [9.17, 15) is 4.79 Å². The van der Waals surface area contributed by atoms with E-state index >= 15 is 0 Å². The molecule has 0 fully saturated rings. The number of rotatable bonds is 4. The number of carbonyl (C=O) groups excluding carboxylic acids is 1. The number of anilines is 1. The van der Waals surface area contributed by atoms with Crippen LogP contribution >= 0.6 is 0 Å². The van der Waals surface area contributed by atoms with Crippen molar-refractivity contribution in [2.45, 2.75) is 6.92 Å². The highest BCUT2D eigenvalue weighted by atomic mass is 16.5. The number of pyridine rings is 1. The first kappa shape index (κ1) is 14.6. The number of amides is 1. The topological polar surface area (TPSA) is 120 Å². The molecule has 0 aliphatic heterocycles. The summed E-state index contributed by atoms with van der Waals surface area (Å²) in [7, 11) is 0. The lowest BCUT2D eigenvalue weighted by Crippen LogP contribution is -2.13. The molecule has 0 atom stereocenters. The summed E-state index contributed by atoms with van der Waals surface area (Å²) in [5.41, 5.74) is 13.4. The van der Waals surface area contributed by atoms with Gasteiger partial charge in [0.15, 0.2) is 5.82 Å². The van der Waals surface area contributed by atoms with Crippen LogP contribution in [0.5, 0.6) is 11.6 Å². The van der Waals surface area contributed by atoms with Gasteiger partial charge < -0.3 is 16.2 Å². The third-order valence-corrected chi connectivity index (χ3v) is 3.29. The SMILES string of the molecule is Cc1ccc(Oc2ccc(-c3[nH]nc(N)c3C(N)=O)cc2)nc1. The molecule has 5 N–H and O–H groups in total. The quantitative estimate of drug-likeness (QED) is 0.682. The van der Waals surface area contributed by atoms with E-state index in [1.54, 1.807) is 36.5 Å². The predicted molar refractivity (Wildman–Crippen MR) is 86.0 cm³/mol. The summed E-state index contributed by atoms with van der Waals surface area (Å²) in [4.78, 5) is 15.6. The van der Waals surface area contributed by atoms with Gasteiger partial charge in [-0.1, -0.05) is 6.07 Å². The van der Waals surface area contributed by atoms with Gasteiger partial charge in [0.1, 0.15) is 11.3 Å². The van der Waals surface area contributed by atoms with E-state index in [0.29, 0.717) is 17.3 Å². The van der Waals surface area contributed by atoms with Crippen LogP contribution in [0.4, 0.5) is 5.82 Å². The minimum Gasteiger partial charge on any atom is -0.439 e. The van der Waals surface area contributed by atoms with Gasteiger partial charge in [-0.3, -0.25) is 9.89 Å². The first-order chi connectivity index (χ1) is 11.0. The molecule has 0 aliphatic rings. The van der Waals surface area contributed by atoms with E-state index in [-0.39, 0.29) is 11.4 Å². The van der Waals surface area contributed by atoms with Crippen molar-refractivity contribution in [2.75, 3.05) is 5.73 Å². The molecule has 2 heterocycles. The number of nitrogens with one attached hydrogen (secondary N) is 1. The van der Waals surface area contributed by atoms with Crippen LogP contribution in [0.3, 0.4) is 0 Å². The highest BCUT2D eigenvalue weighted by Crippen LogP contribution is 2.28. The molecule has 2 aromatic heterocycles. The number of nitrogens with two attached hydrogens (primary N) is 2. The zero-order valence-corrected chi connectivity index (χ0v) is 12.4. The fourth-order valence-corrected chi connectivity index (χ4v) is 2.14. The summed E-state index contributed by atoms with van der Waals surface area (Å²) in [6.07, 6.45) is 1.73. The van der Waals surface area contributed by atoms with Crippen molar-refractivity contribution < 1.29 is 9.53 Å². The third kappa shape index (κ3) is 2.98. The monoisotopic (exact) mass is 309 g/mol. The average Bonchev–Trinajstić information content (AvgIpc) is 2.92. The first-order valence-corrected chi connectivity index (χ1v) is 6.89. The number of benzene rings is 1. The van der Waals surface area contributed by atoms with Crippen LogP contribution < -0.4 is 16.2 Å². The lowest BCUT2D eigenvalue weighted by molar-refractivity contribution is 0.100. The smallest absolute Gasteiger partial charge is 0.254 e. The van der Waals surface area contributed by atoms with Crippen molar-refractivity contribution in [1.82, 2.24) is 15.2 Å². The molecule has 1 amide bonds. The van der Waals surface area contributed by atoms with Crippen molar-refractivity contribution in [3.8, 4) is 22.9 Å². The van der Waals surface area contributed by atoms with Crippen LogP contribution in [-0.2, 0) is 0 Å². The van der Waals surface area contributed by atoms with E-state index in [4.69, 9.17) is 16.2 Å². The Bertz CT molecular complexity index is 838. The highest BCUT2D eigenvalue weighted by Gasteiger charge is 2.17. The zero-order valence-electron chi connectivity index (χ0n) is 12.4. The summed E-state index contributed by atoms with van der Waals surface area (Å²) in [5.74, 6) is 0.581. The molecule has 3 aromatic rings. The van der Waals surface area contributed by atoms with Crippen LogP contribution in [0.2, 0.25) is 0 Å². The van der Waals surface area contributed by atoms with Crippen LogP contribution in [0.25, 0.3) is 11.3 Å². The van der Waals surface area contributed by atoms with E-state index < -0.39 is 5.91 Å². The van der Waals surface area contributed by atoms with E-state index in [0.717, 1.165) is 11.1 Å². The first-order valence-electron chi connectivity index (χ1n) is 6.89. The molecule has 1 aromatic carbocycles. The summed E-state index contributed by atoms with van der Waals surface area (Å²) < 4.78 is 5.65. The lowest BCUT2D eigenvalue weighted by atomic mass is 10.1. The summed E-state index contributed by atoms with van der Waals surface area (Å²) in [5, 5.41) is 6.54. The van der Waals surface area contributed by atoms with Gasteiger partial charge in [-0.15, -0.1) is 0 Å². The minimum atomic E-state index is -0.629. The molecule has 3 rings (SSSR count). The predicted octanol–water partition coefficient (Wildman–Crippen LogP) is 2.25. The summed E-state index contributed by atoms with van der Waals surface area (Å²) >= 11 is 0. The Hall–Kier alpha value is -3.35. The molecule has 0 spiro atoms. The number of hydrogen-bond donors (Lipinski definition) is 3. The average molecular weight is 309 g/mol. The van der Waals surface area contributed by atoms with Crippen LogP contribution in [0.15, 0.2) is 42.6 Å². The highest BCUT2D eigenvalue weighted by molar-refractivity contribution is 6.03. The van der Waals surface area contributed by atoms with Crippen molar-refractivity contribution in [2.24, 2.45) is 5.73 Å². The van der Waals surface area contributed by atoms with Gasteiger partial charge in [0.2, 0.25) is 5.88 Å². The van der Waals surface area contributed by atoms with Gasteiger partial charge >= 0.3 is 0 Å². The number of ether oxygens (including phenoxy) is 1. The molecule has 7 heteroatoms. The second-order valence-corrected chi connectivity index (χ2v) is 5.02. The summed E-state index contributed by atoms with van der Waals surface area (Å²) in [6.45, 7) is 1.96. The number of aromatic amines is 1. The molecule has 0 aliphatic carbocycles. The molecular weight excluding hydrogens is 294 g/mol. The molecule has 0 radical (unpaired) electrons. The Kier molecular flexibility index (Phi) is 3.68. The van der Waals surface area contributed by atoms with Crippen molar-refractivity contribution in [3.05, 3.63) is 53.7 Å². The largest absolute Gasteiger partial charge is 0.439 e. The van der Waals surface area contributed by atoms with Gasteiger partial charge in [0.05, 0.1) is 5.69 Å². The van der Waals surface area contributed by atoms with E-state index in [1.165, 1.54) is 0 Å². The van der Waals surface area contributed by atoms with Crippen molar-refractivity contribution in [1.29, 1.82) is 0 Å². The Balaban J connectivity index is 1.85. The Labute approximate surface area is 132 Å². The van der Waals surface area contributed by atoms with Gasteiger partial charge in [-0.05, 0) is 36.8 Å². The second-order valence-electron chi connectivity index (χ2n) is 5.02. The number of aromatic nitrogens is 3. The number of carbonyl (C=O) groups is 1. The van der Waals surface area contributed by atoms with Gasteiger partial charge in [-0.2, -0.15) is 5.10 Å². The number of nitrogens with zero attached hydrogens (tertiary/aromatic N) is 2.